The van der Waals surface area contributed by atoms with E-state index in [1.165, 1.54) is 0 Å². The maximum Gasteiger partial charge on any atom is 0.257 e. The van der Waals surface area contributed by atoms with Gasteiger partial charge in [-0.3, -0.25) is 4.79 Å². The molecule has 1 fully saturated rings. The van der Waals surface area contributed by atoms with Crippen molar-refractivity contribution in [3.05, 3.63) is 83.5 Å². The van der Waals surface area contributed by atoms with Gasteiger partial charge in [-0.15, -0.1) is 0 Å². The van der Waals surface area contributed by atoms with Crippen molar-refractivity contribution in [2.24, 2.45) is 5.92 Å². The van der Waals surface area contributed by atoms with Crippen LogP contribution in [0.5, 0.6) is 0 Å². The molecule has 1 unspecified atom stereocenters. The first-order valence-electron chi connectivity index (χ1n) is 11.4. The van der Waals surface area contributed by atoms with Crippen LogP contribution in [0.15, 0.2) is 65.3 Å². The van der Waals surface area contributed by atoms with E-state index < -0.39 is 0 Å². The molecule has 1 saturated heterocycles. The molecule has 5 rings (SSSR count). The third-order valence-corrected chi connectivity index (χ3v) is 6.36. The molecule has 0 saturated carbocycles. The molecule has 1 aliphatic rings. The topological polar surface area (TPSA) is 77.0 Å². The molecule has 7 heteroatoms. The largest absolute Gasteiger partial charge is 0.339 e. The lowest BCUT2D eigenvalue weighted by Crippen LogP contribution is -2.40. The summed E-state index contributed by atoms with van der Waals surface area (Å²) < 4.78 is 7.37. The Bertz CT molecular complexity index is 1260. The minimum atomic E-state index is 0.0329. The fourth-order valence-electron chi connectivity index (χ4n) is 4.55. The van der Waals surface area contributed by atoms with Crippen LogP contribution in [-0.2, 0) is 6.42 Å². The van der Waals surface area contributed by atoms with Gasteiger partial charge in [0.1, 0.15) is 0 Å². The standard InChI is InChI=1S/C26H27N5O2/c1-18-9-6-7-13-22(18)25-28-24(33-29-25)15-20-10-8-14-30(17-20)26(32)23-16-27-31(19(23)2)21-11-4-3-5-12-21/h3-7,9,11-13,16,20H,8,10,14-15,17H2,1-2H3. The zero-order valence-corrected chi connectivity index (χ0v) is 18.9. The van der Waals surface area contributed by atoms with Gasteiger partial charge in [0.2, 0.25) is 11.7 Å². The van der Waals surface area contributed by atoms with Crippen LogP contribution in [0.3, 0.4) is 0 Å². The molecule has 1 atom stereocenters. The second-order valence-electron chi connectivity index (χ2n) is 8.68. The van der Waals surface area contributed by atoms with E-state index >= 15 is 0 Å². The molecule has 0 radical (unpaired) electrons. The van der Waals surface area contributed by atoms with E-state index in [0.29, 0.717) is 30.2 Å². The highest BCUT2D eigenvalue weighted by Gasteiger charge is 2.28. The molecule has 1 aliphatic heterocycles. The number of benzene rings is 2. The third kappa shape index (κ3) is 4.31. The molecule has 3 heterocycles. The van der Waals surface area contributed by atoms with Gasteiger partial charge in [-0.1, -0.05) is 47.6 Å². The molecule has 1 amide bonds. The van der Waals surface area contributed by atoms with E-state index in [4.69, 9.17) is 4.52 Å². The lowest BCUT2D eigenvalue weighted by atomic mass is 9.94. The average Bonchev–Trinajstić information content (AvgIpc) is 3.46. The molecular weight excluding hydrogens is 414 g/mol. The fourth-order valence-corrected chi connectivity index (χ4v) is 4.55. The summed E-state index contributed by atoms with van der Waals surface area (Å²) in [5.74, 6) is 1.57. The van der Waals surface area contributed by atoms with Gasteiger partial charge in [0.15, 0.2) is 0 Å². The summed E-state index contributed by atoms with van der Waals surface area (Å²) in [7, 11) is 0. The minimum absolute atomic E-state index is 0.0329. The molecule has 4 aromatic rings. The van der Waals surface area contributed by atoms with Crippen molar-refractivity contribution in [1.82, 2.24) is 24.8 Å². The Balaban J connectivity index is 1.28. The number of piperidine rings is 1. The number of para-hydroxylation sites is 1. The van der Waals surface area contributed by atoms with Crippen LogP contribution in [0, 0.1) is 19.8 Å². The van der Waals surface area contributed by atoms with Crippen molar-refractivity contribution in [2.75, 3.05) is 13.1 Å². The summed E-state index contributed by atoms with van der Waals surface area (Å²) in [4.78, 5) is 19.9. The van der Waals surface area contributed by atoms with Crippen LogP contribution < -0.4 is 0 Å². The van der Waals surface area contributed by atoms with Crippen molar-refractivity contribution < 1.29 is 9.32 Å². The van der Waals surface area contributed by atoms with Gasteiger partial charge >= 0.3 is 0 Å². The van der Waals surface area contributed by atoms with E-state index in [9.17, 15) is 4.79 Å². The lowest BCUT2D eigenvalue weighted by molar-refractivity contribution is 0.0667. The fraction of sp³-hybridized carbons (Fsp3) is 0.308. The number of nitrogens with zero attached hydrogens (tertiary/aromatic N) is 5. The predicted molar refractivity (Wildman–Crippen MR) is 125 cm³/mol. The maximum atomic E-state index is 13.3. The van der Waals surface area contributed by atoms with E-state index in [1.807, 2.05) is 78.0 Å². The minimum Gasteiger partial charge on any atom is -0.339 e. The number of aryl methyl sites for hydroxylation is 1. The maximum absolute atomic E-state index is 13.3. The molecule has 2 aromatic carbocycles. The van der Waals surface area contributed by atoms with Crippen molar-refractivity contribution >= 4 is 5.91 Å². The highest BCUT2D eigenvalue weighted by Crippen LogP contribution is 2.25. The van der Waals surface area contributed by atoms with Crippen molar-refractivity contribution in [1.29, 1.82) is 0 Å². The zero-order chi connectivity index (χ0) is 22.8. The zero-order valence-electron chi connectivity index (χ0n) is 18.9. The number of aromatic nitrogens is 4. The number of likely N-dealkylation sites (tertiary alicyclic amines) is 1. The Kier molecular flexibility index (Phi) is 5.77. The second kappa shape index (κ2) is 9.02. The van der Waals surface area contributed by atoms with E-state index in [1.54, 1.807) is 6.20 Å². The predicted octanol–water partition coefficient (Wildman–Crippen LogP) is 4.63. The number of carbonyl (C=O) groups is 1. The lowest BCUT2D eigenvalue weighted by Gasteiger charge is -2.32. The first-order chi connectivity index (χ1) is 16.1. The van der Waals surface area contributed by atoms with Crippen molar-refractivity contribution in [2.45, 2.75) is 33.1 Å². The number of hydrogen-bond acceptors (Lipinski definition) is 5. The molecular formula is C26H27N5O2. The van der Waals surface area contributed by atoms with Crippen LogP contribution in [0.2, 0.25) is 0 Å². The van der Waals surface area contributed by atoms with Gasteiger partial charge in [-0.05, 0) is 50.3 Å². The second-order valence-corrected chi connectivity index (χ2v) is 8.68. The van der Waals surface area contributed by atoms with Gasteiger partial charge < -0.3 is 9.42 Å². The molecule has 33 heavy (non-hydrogen) atoms. The van der Waals surface area contributed by atoms with Gasteiger partial charge in [-0.2, -0.15) is 10.1 Å². The normalized spacial score (nSPS) is 16.2. The summed E-state index contributed by atoms with van der Waals surface area (Å²) in [6.07, 6.45) is 4.35. The van der Waals surface area contributed by atoms with Gasteiger partial charge in [0, 0.05) is 25.1 Å². The van der Waals surface area contributed by atoms with Crippen LogP contribution in [0.25, 0.3) is 17.1 Å². The van der Waals surface area contributed by atoms with Crippen molar-refractivity contribution in [3.63, 3.8) is 0 Å². The summed E-state index contributed by atoms with van der Waals surface area (Å²) in [6.45, 7) is 5.42. The van der Waals surface area contributed by atoms with Crippen LogP contribution in [-0.4, -0.2) is 43.8 Å². The number of amides is 1. The number of rotatable bonds is 5. The molecule has 0 bridgehead atoms. The quantitative estimate of drug-likeness (QED) is 0.451. The highest BCUT2D eigenvalue weighted by molar-refractivity contribution is 5.95. The molecule has 0 aliphatic carbocycles. The molecule has 0 spiro atoms. The SMILES string of the molecule is Cc1ccccc1-c1noc(CC2CCCN(C(=O)c3cnn(-c4ccccc4)c3C)C2)n1. The van der Waals surface area contributed by atoms with Crippen LogP contribution >= 0.6 is 0 Å². The smallest absolute Gasteiger partial charge is 0.257 e. The third-order valence-electron chi connectivity index (χ3n) is 6.36. The summed E-state index contributed by atoms with van der Waals surface area (Å²) in [6, 6.07) is 17.9. The Morgan fingerprint density at radius 3 is 2.70 bits per heavy atom. The Morgan fingerprint density at radius 1 is 1.09 bits per heavy atom. The van der Waals surface area contributed by atoms with Crippen molar-refractivity contribution in [3.8, 4) is 17.1 Å². The summed E-state index contributed by atoms with van der Waals surface area (Å²) >= 11 is 0. The van der Waals surface area contributed by atoms with Crippen LogP contribution in [0.4, 0.5) is 0 Å². The van der Waals surface area contributed by atoms with E-state index in [0.717, 1.165) is 41.9 Å². The van der Waals surface area contributed by atoms with Crippen LogP contribution in [0.1, 0.15) is 40.3 Å². The molecule has 0 N–H and O–H groups in total. The average molecular weight is 442 g/mol. The first-order valence-corrected chi connectivity index (χ1v) is 11.4. The first kappa shape index (κ1) is 21.1. The number of hydrogen-bond donors (Lipinski definition) is 0. The van der Waals surface area contributed by atoms with Gasteiger partial charge in [0.05, 0.1) is 23.1 Å². The summed E-state index contributed by atoms with van der Waals surface area (Å²) in [5.41, 5.74) is 4.56. The molecule has 7 nitrogen and oxygen atoms in total. The van der Waals surface area contributed by atoms with Gasteiger partial charge in [-0.25, -0.2) is 4.68 Å². The highest BCUT2D eigenvalue weighted by atomic mass is 16.5. The van der Waals surface area contributed by atoms with E-state index in [2.05, 4.69) is 15.2 Å². The molecule has 168 valence electrons. The Hall–Kier alpha value is -3.74. The molecule has 2 aromatic heterocycles. The monoisotopic (exact) mass is 441 g/mol. The number of carbonyl (C=O) groups excluding carboxylic acids is 1. The van der Waals surface area contributed by atoms with E-state index in [-0.39, 0.29) is 11.8 Å². The summed E-state index contributed by atoms with van der Waals surface area (Å²) in [5, 5.41) is 8.64. The Labute approximate surface area is 193 Å². The Morgan fingerprint density at radius 2 is 1.88 bits per heavy atom. The van der Waals surface area contributed by atoms with Gasteiger partial charge in [0.25, 0.3) is 5.91 Å².